The predicted octanol–water partition coefficient (Wildman–Crippen LogP) is 2.06. The van der Waals surface area contributed by atoms with Gasteiger partial charge in [-0.05, 0) is 12.1 Å². The lowest BCUT2D eigenvalue weighted by molar-refractivity contribution is 0.630. The summed E-state index contributed by atoms with van der Waals surface area (Å²) in [6, 6.07) is 10.4. The van der Waals surface area contributed by atoms with Gasteiger partial charge in [-0.15, -0.1) is 4.68 Å². The number of benzene rings is 1. The molecule has 3 nitrogen and oxygen atoms in total. The molecular formula is C11H9N3+. The largest absolute Gasteiger partial charge is 0.273 e. The van der Waals surface area contributed by atoms with E-state index >= 15 is 0 Å². The Labute approximate surface area is 81.6 Å². The first-order valence-electron chi connectivity index (χ1n) is 4.50. The average molecular weight is 183 g/mol. The van der Waals surface area contributed by atoms with E-state index in [1.807, 2.05) is 29.5 Å². The summed E-state index contributed by atoms with van der Waals surface area (Å²) in [6.45, 7) is 0. The standard InChI is InChI=1S/C11H9N3/c1-2-4-11-10(3-1)5-7-14(11)13-8-6-12-9-13/h1-9H/q+1. The SMILES string of the molecule is C1=C[N+](n2ccc3ccccc32)C=N1. The summed E-state index contributed by atoms with van der Waals surface area (Å²) < 4.78 is 2.06. The smallest absolute Gasteiger partial charge is 0.199 e. The Bertz CT molecular complexity index is 510. The van der Waals surface area contributed by atoms with Crippen LogP contribution < -0.4 is 5.01 Å². The zero-order valence-corrected chi connectivity index (χ0v) is 7.54. The Hall–Kier alpha value is -1.87. The summed E-state index contributed by atoms with van der Waals surface area (Å²) in [7, 11) is 0. The third-order valence-corrected chi connectivity index (χ3v) is 2.32. The third kappa shape index (κ3) is 0.995. The maximum absolute atomic E-state index is 4.03. The van der Waals surface area contributed by atoms with Crippen molar-refractivity contribution in [1.82, 2.24) is 9.69 Å². The van der Waals surface area contributed by atoms with E-state index in [4.69, 9.17) is 0 Å². The van der Waals surface area contributed by atoms with Crippen LogP contribution in [0.25, 0.3) is 10.9 Å². The van der Waals surface area contributed by atoms with Crippen molar-refractivity contribution in [3.05, 3.63) is 48.9 Å². The number of nitrogens with zero attached hydrogens (tertiary/aromatic N) is 3. The van der Waals surface area contributed by atoms with Crippen LogP contribution in [0.3, 0.4) is 0 Å². The van der Waals surface area contributed by atoms with Crippen molar-refractivity contribution in [2.75, 3.05) is 0 Å². The van der Waals surface area contributed by atoms with Gasteiger partial charge in [0, 0.05) is 10.4 Å². The molecule has 0 amide bonds. The van der Waals surface area contributed by atoms with Crippen molar-refractivity contribution in [1.29, 1.82) is 0 Å². The van der Waals surface area contributed by atoms with E-state index in [1.165, 1.54) is 10.9 Å². The molecular weight excluding hydrogens is 174 g/mol. The van der Waals surface area contributed by atoms with Gasteiger partial charge < -0.3 is 0 Å². The molecule has 0 saturated carbocycles. The van der Waals surface area contributed by atoms with Crippen molar-refractivity contribution < 1.29 is 0 Å². The minimum absolute atomic E-state index is 1.19. The maximum atomic E-state index is 4.03. The van der Waals surface area contributed by atoms with Crippen molar-refractivity contribution in [3.8, 4) is 0 Å². The number of rotatable bonds is 1. The van der Waals surface area contributed by atoms with Crippen LogP contribution in [0.15, 0.2) is 53.9 Å². The number of fused-ring (bicyclic) bond motifs is 1. The van der Waals surface area contributed by atoms with Gasteiger partial charge in [-0.3, -0.25) is 0 Å². The fourth-order valence-corrected chi connectivity index (χ4v) is 1.65. The van der Waals surface area contributed by atoms with Gasteiger partial charge in [0.15, 0.2) is 0 Å². The monoisotopic (exact) mass is 183 g/mol. The molecule has 0 atom stereocenters. The van der Waals surface area contributed by atoms with Crippen LogP contribution in [0.5, 0.6) is 0 Å². The van der Waals surface area contributed by atoms with Crippen LogP contribution in [-0.2, 0) is 0 Å². The molecule has 3 heteroatoms. The fraction of sp³-hybridized carbons (Fsp3) is 0. The van der Waals surface area contributed by atoms with E-state index in [1.54, 1.807) is 12.5 Å². The van der Waals surface area contributed by atoms with Gasteiger partial charge in [-0.25, -0.2) is 0 Å². The predicted molar refractivity (Wildman–Crippen MR) is 57.1 cm³/mol. The maximum Gasteiger partial charge on any atom is 0.273 e. The minimum Gasteiger partial charge on any atom is -0.199 e. The summed E-state index contributed by atoms with van der Waals surface area (Å²) in [4.78, 5) is 4.03. The van der Waals surface area contributed by atoms with Gasteiger partial charge in [-0.2, -0.15) is 4.99 Å². The first-order chi connectivity index (χ1) is 6.95. The molecule has 0 aliphatic carbocycles. The number of hydrogen-bond donors (Lipinski definition) is 0. The zero-order chi connectivity index (χ0) is 9.38. The molecule has 0 saturated heterocycles. The molecule has 0 N–H and O–H groups in total. The van der Waals surface area contributed by atoms with Gasteiger partial charge in [0.2, 0.25) is 6.20 Å². The van der Waals surface area contributed by atoms with Crippen molar-refractivity contribution >= 4 is 17.2 Å². The quantitative estimate of drug-likeness (QED) is 0.604. The van der Waals surface area contributed by atoms with Gasteiger partial charge in [0.25, 0.3) is 6.34 Å². The normalized spacial score (nSPS) is 15.7. The molecule has 1 aliphatic heterocycles. The van der Waals surface area contributed by atoms with E-state index in [-0.39, 0.29) is 0 Å². The second-order valence-corrected chi connectivity index (χ2v) is 3.16. The zero-order valence-electron chi connectivity index (χ0n) is 7.54. The van der Waals surface area contributed by atoms with Gasteiger partial charge in [0.05, 0.1) is 12.4 Å². The van der Waals surface area contributed by atoms with E-state index < -0.39 is 0 Å². The Morgan fingerprint density at radius 3 is 2.93 bits per heavy atom. The van der Waals surface area contributed by atoms with Crippen molar-refractivity contribution in [2.24, 2.45) is 4.99 Å². The molecule has 67 valence electrons. The molecule has 1 aliphatic rings. The Morgan fingerprint density at radius 1 is 1.14 bits per heavy atom. The van der Waals surface area contributed by atoms with Crippen LogP contribution in [0, 0.1) is 0 Å². The van der Waals surface area contributed by atoms with Crippen molar-refractivity contribution in [2.45, 2.75) is 0 Å². The van der Waals surface area contributed by atoms with E-state index in [9.17, 15) is 0 Å². The summed E-state index contributed by atoms with van der Waals surface area (Å²) >= 11 is 0. The van der Waals surface area contributed by atoms with Crippen LogP contribution in [0.1, 0.15) is 0 Å². The van der Waals surface area contributed by atoms with Gasteiger partial charge in [0.1, 0.15) is 5.52 Å². The lowest BCUT2D eigenvalue weighted by atomic mass is 10.3. The highest BCUT2D eigenvalue weighted by Gasteiger charge is 2.17. The van der Waals surface area contributed by atoms with E-state index in [2.05, 4.69) is 27.9 Å². The molecule has 3 rings (SSSR count). The molecule has 2 heterocycles. The second kappa shape index (κ2) is 2.82. The van der Waals surface area contributed by atoms with Crippen LogP contribution in [0.4, 0.5) is 0 Å². The Morgan fingerprint density at radius 2 is 2.07 bits per heavy atom. The molecule has 1 aromatic heterocycles. The molecule has 0 spiro atoms. The number of hydrogen-bond acceptors (Lipinski definition) is 2. The molecule has 0 bridgehead atoms. The molecule has 14 heavy (non-hydrogen) atoms. The number of para-hydroxylation sites is 1. The molecule has 1 aromatic carbocycles. The summed E-state index contributed by atoms with van der Waals surface area (Å²) in [5.41, 5.74) is 1.19. The lowest BCUT2D eigenvalue weighted by Gasteiger charge is -1.99. The Balaban J connectivity index is 2.21. The van der Waals surface area contributed by atoms with E-state index in [0.717, 1.165) is 0 Å². The van der Waals surface area contributed by atoms with Gasteiger partial charge >= 0.3 is 0 Å². The van der Waals surface area contributed by atoms with Gasteiger partial charge in [-0.1, -0.05) is 18.2 Å². The molecule has 0 unspecified atom stereocenters. The number of aromatic nitrogens is 1. The van der Waals surface area contributed by atoms with Crippen LogP contribution in [0.2, 0.25) is 0 Å². The molecule has 1 radical (unpaired) electrons. The van der Waals surface area contributed by atoms with Crippen LogP contribution >= 0.6 is 0 Å². The summed E-state index contributed by atoms with van der Waals surface area (Å²) in [5.74, 6) is 0. The fourth-order valence-electron chi connectivity index (χ4n) is 1.65. The lowest BCUT2D eigenvalue weighted by Crippen LogP contribution is -2.25. The first kappa shape index (κ1) is 7.53. The highest BCUT2D eigenvalue weighted by molar-refractivity contribution is 5.81. The topological polar surface area (TPSA) is 23.2 Å². The molecule has 0 fully saturated rings. The Kier molecular flexibility index (Phi) is 1.52. The van der Waals surface area contributed by atoms with Crippen LogP contribution in [-0.4, -0.2) is 11.0 Å². The third-order valence-electron chi connectivity index (χ3n) is 2.32. The van der Waals surface area contributed by atoms with Crippen molar-refractivity contribution in [3.63, 3.8) is 0 Å². The summed E-state index contributed by atoms with van der Waals surface area (Å²) in [6.07, 6.45) is 7.51. The second-order valence-electron chi connectivity index (χ2n) is 3.16. The average Bonchev–Trinajstić information content (AvgIpc) is 2.85. The molecule has 2 aromatic rings. The first-order valence-corrected chi connectivity index (χ1v) is 4.50. The highest BCUT2D eigenvalue weighted by Crippen LogP contribution is 2.15. The van der Waals surface area contributed by atoms with E-state index in [0.29, 0.717) is 0 Å². The highest BCUT2D eigenvalue weighted by atomic mass is 15.5. The minimum atomic E-state index is 1.19. The summed E-state index contributed by atoms with van der Waals surface area (Å²) in [5, 5.41) is 3.18. The number of aliphatic imine (C=N–C) groups is 1.